The van der Waals surface area contributed by atoms with Gasteiger partial charge in [-0.3, -0.25) is 4.79 Å². The normalized spacial score (nSPS) is 22.9. The van der Waals surface area contributed by atoms with Gasteiger partial charge in [-0.15, -0.1) is 0 Å². The molecular weight excluding hydrogens is 250 g/mol. The number of hydrogen-bond acceptors (Lipinski definition) is 3. The van der Waals surface area contributed by atoms with E-state index in [1.54, 1.807) is 6.07 Å². The third-order valence-electron chi connectivity index (χ3n) is 4.03. The highest BCUT2D eigenvalue weighted by Crippen LogP contribution is 2.24. The molecule has 0 radical (unpaired) electrons. The molecular formula is C16H25N3O. The Labute approximate surface area is 121 Å². The minimum Gasteiger partial charge on any atom is -0.384 e. The summed E-state index contributed by atoms with van der Waals surface area (Å²) in [6.07, 6.45) is 4.14. The summed E-state index contributed by atoms with van der Waals surface area (Å²) < 4.78 is 0. The third kappa shape index (κ3) is 3.30. The van der Waals surface area contributed by atoms with E-state index in [1.807, 2.05) is 11.0 Å². The molecule has 1 saturated heterocycles. The van der Waals surface area contributed by atoms with E-state index in [0.717, 1.165) is 31.5 Å². The Morgan fingerprint density at radius 3 is 2.85 bits per heavy atom. The average Bonchev–Trinajstić information content (AvgIpc) is 2.40. The van der Waals surface area contributed by atoms with Crippen molar-refractivity contribution in [2.45, 2.75) is 52.5 Å². The number of rotatable bonds is 3. The Bertz CT molecular complexity index is 487. The number of piperidine rings is 1. The highest BCUT2D eigenvalue weighted by atomic mass is 16.2. The average molecular weight is 275 g/mol. The van der Waals surface area contributed by atoms with Crippen molar-refractivity contribution in [2.75, 3.05) is 12.3 Å². The smallest absolute Gasteiger partial charge is 0.254 e. The fourth-order valence-corrected chi connectivity index (χ4v) is 2.86. The van der Waals surface area contributed by atoms with Crippen LogP contribution >= 0.6 is 0 Å². The van der Waals surface area contributed by atoms with Gasteiger partial charge in [0, 0.05) is 23.8 Å². The lowest BCUT2D eigenvalue weighted by Crippen LogP contribution is -2.45. The van der Waals surface area contributed by atoms with Gasteiger partial charge in [0.05, 0.1) is 0 Å². The summed E-state index contributed by atoms with van der Waals surface area (Å²) in [4.78, 5) is 19.0. The summed E-state index contributed by atoms with van der Waals surface area (Å²) in [5, 5.41) is 0. The van der Waals surface area contributed by atoms with E-state index in [9.17, 15) is 4.79 Å². The number of hydrogen-bond donors (Lipinski definition) is 1. The lowest BCUT2D eigenvalue weighted by Gasteiger charge is -2.37. The molecule has 1 amide bonds. The summed E-state index contributed by atoms with van der Waals surface area (Å²) in [5.74, 6) is 1.11. The van der Waals surface area contributed by atoms with Crippen LogP contribution in [0.25, 0.3) is 0 Å². The molecule has 0 bridgehead atoms. The van der Waals surface area contributed by atoms with Gasteiger partial charge >= 0.3 is 0 Å². The van der Waals surface area contributed by atoms with Crippen molar-refractivity contribution in [2.24, 2.45) is 5.92 Å². The fraction of sp³-hybridized carbons (Fsp3) is 0.625. The number of likely N-dealkylation sites (tertiary alicyclic amines) is 1. The molecule has 4 heteroatoms. The molecule has 4 nitrogen and oxygen atoms in total. The summed E-state index contributed by atoms with van der Waals surface area (Å²) >= 11 is 0. The van der Waals surface area contributed by atoms with Crippen molar-refractivity contribution in [3.63, 3.8) is 0 Å². The zero-order valence-electron chi connectivity index (χ0n) is 12.7. The maximum absolute atomic E-state index is 12.7. The van der Waals surface area contributed by atoms with Gasteiger partial charge in [-0.2, -0.15) is 0 Å². The molecule has 0 saturated carbocycles. The monoisotopic (exact) mass is 275 g/mol. The molecule has 0 aromatic carbocycles. The molecule has 0 aliphatic carbocycles. The van der Waals surface area contributed by atoms with Gasteiger partial charge in [-0.1, -0.05) is 20.3 Å². The molecule has 1 aliphatic heterocycles. The molecule has 110 valence electrons. The number of nitrogen functional groups attached to an aromatic ring is 1. The number of amides is 1. The molecule has 1 aliphatic rings. The van der Waals surface area contributed by atoms with Gasteiger partial charge in [0.1, 0.15) is 5.82 Å². The Kier molecular flexibility index (Phi) is 4.63. The maximum Gasteiger partial charge on any atom is 0.254 e. The molecule has 2 N–H and O–H groups in total. The predicted octanol–water partition coefficient (Wildman–Crippen LogP) is 2.88. The highest BCUT2D eigenvalue weighted by Gasteiger charge is 2.27. The Morgan fingerprint density at radius 1 is 1.40 bits per heavy atom. The molecule has 1 aromatic heterocycles. The molecule has 2 heterocycles. The lowest BCUT2D eigenvalue weighted by atomic mass is 9.94. The quantitative estimate of drug-likeness (QED) is 0.922. The number of nitrogens with two attached hydrogens (primary N) is 1. The van der Waals surface area contributed by atoms with E-state index in [1.165, 1.54) is 6.42 Å². The summed E-state index contributed by atoms with van der Waals surface area (Å²) in [6, 6.07) is 3.91. The van der Waals surface area contributed by atoms with Crippen LogP contribution in [-0.2, 0) is 6.42 Å². The van der Waals surface area contributed by atoms with Crippen molar-refractivity contribution in [3.8, 4) is 0 Å². The molecule has 2 atom stereocenters. The van der Waals surface area contributed by atoms with Crippen LogP contribution in [0.2, 0.25) is 0 Å². The van der Waals surface area contributed by atoms with E-state index in [0.29, 0.717) is 23.3 Å². The van der Waals surface area contributed by atoms with Crippen LogP contribution in [-0.4, -0.2) is 28.4 Å². The van der Waals surface area contributed by atoms with Crippen LogP contribution in [0.1, 0.15) is 56.1 Å². The SMILES string of the molecule is CCCc1cc(C(=O)N2CC(C)CCC2C)cc(N)n1. The number of aryl methyl sites for hydroxylation is 1. The van der Waals surface area contributed by atoms with Gasteiger partial charge in [-0.25, -0.2) is 4.98 Å². The first kappa shape index (κ1) is 14.8. The van der Waals surface area contributed by atoms with E-state index >= 15 is 0 Å². The topological polar surface area (TPSA) is 59.2 Å². The zero-order valence-corrected chi connectivity index (χ0v) is 12.7. The molecule has 0 spiro atoms. The van der Waals surface area contributed by atoms with Gasteiger partial charge in [0.2, 0.25) is 0 Å². The molecule has 2 unspecified atom stereocenters. The van der Waals surface area contributed by atoms with Crippen LogP contribution in [0, 0.1) is 5.92 Å². The lowest BCUT2D eigenvalue weighted by molar-refractivity contribution is 0.0574. The van der Waals surface area contributed by atoms with Crippen LogP contribution in [0.3, 0.4) is 0 Å². The van der Waals surface area contributed by atoms with E-state index in [4.69, 9.17) is 5.73 Å². The largest absolute Gasteiger partial charge is 0.384 e. The van der Waals surface area contributed by atoms with Gasteiger partial charge in [-0.05, 0) is 44.2 Å². The van der Waals surface area contributed by atoms with Crippen LogP contribution in [0.15, 0.2) is 12.1 Å². The first-order chi connectivity index (χ1) is 9.51. The second-order valence-electron chi connectivity index (χ2n) is 6.01. The Balaban J connectivity index is 2.23. The molecule has 1 aromatic rings. The molecule has 2 rings (SSSR count). The second-order valence-corrected chi connectivity index (χ2v) is 6.01. The summed E-state index contributed by atoms with van der Waals surface area (Å²) in [7, 11) is 0. The first-order valence-corrected chi connectivity index (χ1v) is 7.58. The van der Waals surface area contributed by atoms with Crippen LogP contribution in [0.4, 0.5) is 5.82 Å². The van der Waals surface area contributed by atoms with Gasteiger partial charge < -0.3 is 10.6 Å². The van der Waals surface area contributed by atoms with E-state index in [-0.39, 0.29) is 5.91 Å². The number of pyridine rings is 1. The van der Waals surface area contributed by atoms with Crippen molar-refractivity contribution in [1.82, 2.24) is 9.88 Å². The third-order valence-corrected chi connectivity index (χ3v) is 4.03. The van der Waals surface area contributed by atoms with Crippen molar-refractivity contribution >= 4 is 11.7 Å². The van der Waals surface area contributed by atoms with Crippen molar-refractivity contribution < 1.29 is 4.79 Å². The van der Waals surface area contributed by atoms with Crippen molar-refractivity contribution in [3.05, 3.63) is 23.4 Å². The highest BCUT2D eigenvalue weighted by molar-refractivity contribution is 5.95. The van der Waals surface area contributed by atoms with Gasteiger partial charge in [0.25, 0.3) is 5.91 Å². The Hall–Kier alpha value is -1.58. The summed E-state index contributed by atoms with van der Waals surface area (Å²) in [5.41, 5.74) is 7.43. The van der Waals surface area contributed by atoms with Crippen molar-refractivity contribution in [1.29, 1.82) is 0 Å². The number of carbonyl (C=O) groups is 1. The predicted molar refractivity (Wildman–Crippen MR) is 81.5 cm³/mol. The minimum atomic E-state index is 0.0931. The number of nitrogens with zero attached hydrogens (tertiary/aromatic N) is 2. The second kappa shape index (κ2) is 6.25. The minimum absolute atomic E-state index is 0.0931. The van der Waals surface area contributed by atoms with Crippen LogP contribution < -0.4 is 5.73 Å². The molecule has 20 heavy (non-hydrogen) atoms. The number of aromatic nitrogens is 1. The standard InChI is InChI=1S/C16H25N3O/c1-4-5-14-8-13(9-15(17)18-14)16(20)19-10-11(2)6-7-12(19)3/h8-9,11-12H,4-7,10H2,1-3H3,(H2,17,18). The molecule has 1 fully saturated rings. The number of anilines is 1. The zero-order chi connectivity index (χ0) is 14.7. The van der Waals surface area contributed by atoms with Gasteiger partial charge in [0.15, 0.2) is 0 Å². The van der Waals surface area contributed by atoms with E-state index in [2.05, 4.69) is 25.8 Å². The Morgan fingerprint density at radius 2 is 2.15 bits per heavy atom. The fourth-order valence-electron chi connectivity index (χ4n) is 2.86. The van der Waals surface area contributed by atoms with Crippen LogP contribution in [0.5, 0.6) is 0 Å². The van der Waals surface area contributed by atoms with E-state index < -0.39 is 0 Å². The summed E-state index contributed by atoms with van der Waals surface area (Å²) in [6.45, 7) is 7.27. The number of carbonyl (C=O) groups excluding carboxylic acids is 1. The first-order valence-electron chi connectivity index (χ1n) is 7.58. The maximum atomic E-state index is 12.7.